The van der Waals surface area contributed by atoms with E-state index in [1.165, 1.54) is 44.9 Å². The number of ether oxygens (including phenoxy) is 2. The minimum Gasteiger partial charge on any atom is -0.394 e. The van der Waals surface area contributed by atoms with Crippen LogP contribution in [-0.2, 0) is 9.47 Å². The van der Waals surface area contributed by atoms with Crippen LogP contribution in [0.2, 0.25) is 0 Å². The highest BCUT2D eigenvalue weighted by Crippen LogP contribution is 2.12. The number of aliphatic hydroxyl groups excluding tert-OH is 5. The standard InChI is InChI=1S/C11H24O4.C11H24O3/c1-2-3-4-5-6-7-8-15-11(14)10(13)9-12;1-3-5-6-10(4-2)8-14-9-11(13)7-12/h10-14H,2-9H2,1H3;10-13H,3-9H2,1-2H3. The minimum atomic E-state index is -1.26. The molecule has 0 radical (unpaired) electrons. The lowest BCUT2D eigenvalue weighted by Crippen LogP contribution is -2.31. The van der Waals surface area contributed by atoms with Gasteiger partial charge < -0.3 is 35.0 Å². The Labute approximate surface area is 178 Å². The van der Waals surface area contributed by atoms with Crippen LogP contribution in [0.5, 0.6) is 0 Å². The Hall–Kier alpha value is -0.280. The van der Waals surface area contributed by atoms with Gasteiger partial charge in [-0.3, -0.25) is 0 Å². The van der Waals surface area contributed by atoms with Crippen LogP contribution in [0, 0.1) is 5.92 Å². The van der Waals surface area contributed by atoms with Crippen LogP contribution in [-0.4, -0.2) is 77.1 Å². The Bertz CT molecular complexity index is 305. The van der Waals surface area contributed by atoms with Crippen LogP contribution < -0.4 is 0 Å². The summed E-state index contributed by atoms with van der Waals surface area (Å²) in [7, 11) is 0. The van der Waals surface area contributed by atoms with E-state index in [1.54, 1.807) is 0 Å². The van der Waals surface area contributed by atoms with E-state index < -0.39 is 25.1 Å². The minimum absolute atomic E-state index is 0.217. The van der Waals surface area contributed by atoms with E-state index in [0.29, 0.717) is 19.1 Å². The number of rotatable bonds is 19. The van der Waals surface area contributed by atoms with Gasteiger partial charge in [0.1, 0.15) is 12.2 Å². The summed E-state index contributed by atoms with van der Waals surface area (Å²) >= 11 is 0. The summed E-state index contributed by atoms with van der Waals surface area (Å²) in [5, 5.41) is 44.2. The molecule has 0 aromatic heterocycles. The molecule has 0 aliphatic carbocycles. The van der Waals surface area contributed by atoms with Crippen molar-refractivity contribution in [1.82, 2.24) is 0 Å². The van der Waals surface area contributed by atoms with Gasteiger partial charge in [0.15, 0.2) is 6.29 Å². The van der Waals surface area contributed by atoms with E-state index in [1.807, 2.05) is 0 Å². The van der Waals surface area contributed by atoms with E-state index in [2.05, 4.69) is 20.8 Å². The maximum atomic E-state index is 9.13. The maximum Gasteiger partial charge on any atom is 0.183 e. The normalized spacial score (nSPS) is 15.3. The van der Waals surface area contributed by atoms with Gasteiger partial charge in [0.25, 0.3) is 0 Å². The molecule has 0 saturated heterocycles. The fourth-order valence-electron chi connectivity index (χ4n) is 2.61. The summed E-state index contributed by atoms with van der Waals surface area (Å²) in [6, 6.07) is 0. The van der Waals surface area contributed by atoms with Crippen LogP contribution in [0.15, 0.2) is 0 Å². The molecule has 0 spiro atoms. The van der Waals surface area contributed by atoms with Crippen LogP contribution >= 0.6 is 0 Å². The van der Waals surface area contributed by atoms with Crippen molar-refractivity contribution in [3.63, 3.8) is 0 Å². The Morgan fingerprint density at radius 1 is 0.724 bits per heavy atom. The van der Waals surface area contributed by atoms with Crippen molar-refractivity contribution in [3.8, 4) is 0 Å². The van der Waals surface area contributed by atoms with Crippen molar-refractivity contribution < 1.29 is 35.0 Å². The monoisotopic (exact) mass is 424 g/mol. The molecular formula is C22H48O7. The van der Waals surface area contributed by atoms with E-state index in [0.717, 1.165) is 19.3 Å². The molecule has 29 heavy (non-hydrogen) atoms. The van der Waals surface area contributed by atoms with E-state index in [4.69, 9.17) is 35.0 Å². The zero-order valence-electron chi connectivity index (χ0n) is 19.0. The summed E-state index contributed by atoms with van der Waals surface area (Å²) < 4.78 is 10.3. The largest absolute Gasteiger partial charge is 0.394 e. The molecule has 0 aliphatic heterocycles. The van der Waals surface area contributed by atoms with Crippen LogP contribution in [0.3, 0.4) is 0 Å². The first kappa shape index (κ1) is 30.9. The lowest BCUT2D eigenvalue weighted by Gasteiger charge is -2.15. The van der Waals surface area contributed by atoms with Gasteiger partial charge in [-0.15, -0.1) is 0 Å². The summed E-state index contributed by atoms with van der Waals surface area (Å²) in [4.78, 5) is 0. The molecular weight excluding hydrogens is 376 g/mol. The fourth-order valence-corrected chi connectivity index (χ4v) is 2.61. The average Bonchev–Trinajstić information content (AvgIpc) is 2.74. The Morgan fingerprint density at radius 3 is 1.90 bits per heavy atom. The van der Waals surface area contributed by atoms with Crippen molar-refractivity contribution >= 4 is 0 Å². The number of aliphatic hydroxyl groups is 5. The van der Waals surface area contributed by atoms with Gasteiger partial charge in [-0.1, -0.05) is 72.1 Å². The smallest absolute Gasteiger partial charge is 0.183 e. The Morgan fingerprint density at radius 2 is 1.34 bits per heavy atom. The lowest BCUT2D eigenvalue weighted by molar-refractivity contribution is -0.171. The van der Waals surface area contributed by atoms with Gasteiger partial charge in [0.05, 0.1) is 19.8 Å². The van der Waals surface area contributed by atoms with E-state index >= 15 is 0 Å². The van der Waals surface area contributed by atoms with E-state index in [-0.39, 0.29) is 13.2 Å². The van der Waals surface area contributed by atoms with Gasteiger partial charge in [0, 0.05) is 13.2 Å². The van der Waals surface area contributed by atoms with Crippen LogP contribution in [0.1, 0.15) is 85.0 Å². The number of hydrogen-bond acceptors (Lipinski definition) is 7. The lowest BCUT2D eigenvalue weighted by atomic mass is 10.0. The van der Waals surface area contributed by atoms with Gasteiger partial charge in [-0.25, -0.2) is 0 Å². The molecule has 4 atom stereocenters. The first-order valence-corrected chi connectivity index (χ1v) is 11.4. The van der Waals surface area contributed by atoms with Crippen molar-refractivity contribution in [1.29, 1.82) is 0 Å². The average molecular weight is 425 g/mol. The van der Waals surface area contributed by atoms with E-state index in [9.17, 15) is 0 Å². The topological polar surface area (TPSA) is 120 Å². The number of hydrogen-bond donors (Lipinski definition) is 5. The molecule has 0 bridgehead atoms. The van der Waals surface area contributed by atoms with Crippen molar-refractivity contribution in [3.05, 3.63) is 0 Å². The van der Waals surface area contributed by atoms with Gasteiger partial charge in [0.2, 0.25) is 0 Å². The molecule has 178 valence electrons. The molecule has 0 aromatic carbocycles. The van der Waals surface area contributed by atoms with Gasteiger partial charge in [-0.2, -0.15) is 0 Å². The molecule has 0 amide bonds. The van der Waals surface area contributed by atoms with Crippen LogP contribution in [0.4, 0.5) is 0 Å². The van der Waals surface area contributed by atoms with Crippen molar-refractivity contribution in [2.45, 2.75) is 103 Å². The second kappa shape index (κ2) is 24.0. The quantitative estimate of drug-likeness (QED) is 0.160. The van der Waals surface area contributed by atoms with Crippen molar-refractivity contribution in [2.75, 3.05) is 33.0 Å². The predicted molar refractivity (Wildman–Crippen MR) is 116 cm³/mol. The maximum absolute atomic E-state index is 9.13. The molecule has 4 unspecified atom stereocenters. The van der Waals surface area contributed by atoms with Crippen molar-refractivity contribution in [2.24, 2.45) is 5.92 Å². The third kappa shape index (κ3) is 22.2. The molecule has 5 N–H and O–H groups in total. The molecule has 7 nitrogen and oxygen atoms in total. The summed E-state index contributed by atoms with van der Waals surface area (Å²) in [5.41, 5.74) is 0. The highest BCUT2D eigenvalue weighted by molar-refractivity contribution is 4.57. The Kier molecular flexibility index (Phi) is 25.6. The second-order valence-corrected chi connectivity index (χ2v) is 7.57. The molecule has 0 rings (SSSR count). The summed E-state index contributed by atoms with van der Waals surface area (Å²) in [6.45, 7) is 7.21. The molecule has 7 heteroatoms. The summed E-state index contributed by atoms with van der Waals surface area (Å²) in [5.74, 6) is 0.598. The zero-order chi connectivity index (χ0) is 22.3. The third-order valence-corrected chi connectivity index (χ3v) is 4.72. The fraction of sp³-hybridized carbons (Fsp3) is 1.00. The first-order chi connectivity index (χ1) is 14.0. The zero-order valence-corrected chi connectivity index (χ0v) is 19.0. The van der Waals surface area contributed by atoms with Crippen LogP contribution in [0.25, 0.3) is 0 Å². The molecule has 0 saturated carbocycles. The highest BCUT2D eigenvalue weighted by atomic mass is 16.6. The molecule has 0 aliphatic rings. The highest BCUT2D eigenvalue weighted by Gasteiger charge is 2.14. The molecule has 0 aromatic rings. The molecule has 0 fully saturated rings. The SMILES string of the molecule is CCCCC(CC)COCC(O)CO.CCCCCCCCOC(O)C(O)CO. The predicted octanol–water partition coefficient (Wildman–Crippen LogP) is 2.61. The first-order valence-electron chi connectivity index (χ1n) is 11.4. The Balaban J connectivity index is 0. The third-order valence-electron chi connectivity index (χ3n) is 4.72. The number of unbranched alkanes of at least 4 members (excludes halogenated alkanes) is 6. The molecule has 0 heterocycles. The second-order valence-electron chi connectivity index (χ2n) is 7.57. The van der Waals surface area contributed by atoms with Gasteiger partial charge in [-0.05, 0) is 18.8 Å². The van der Waals surface area contributed by atoms with Gasteiger partial charge >= 0.3 is 0 Å². The summed E-state index contributed by atoms with van der Waals surface area (Å²) in [6.07, 6.45) is 8.52.